The summed E-state index contributed by atoms with van der Waals surface area (Å²) in [4.78, 5) is 2.12. The van der Waals surface area contributed by atoms with Gasteiger partial charge in [0.2, 0.25) is 0 Å². The molecule has 0 radical (unpaired) electrons. The van der Waals surface area contributed by atoms with Crippen LogP contribution in [-0.2, 0) is 0 Å². The van der Waals surface area contributed by atoms with E-state index in [1.807, 2.05) is 55.6 Å². The Morgan fingerprint density at radius 3 is 2.68 bits per heavy atom. The highest BCUT2D eigenvalue weighted by molar-refractivity contribution is 9.10. The molecule has 0 saturated carbocycles. The molecule has 0 atom stereocenters. The van der Waals surface area contributed by atoms with Gasteiger partial charge in [-0.2, -0.15) is 0 Å². The van der Waals surface area contributed by atoms with Gasteiger partial charge in [0.25, 0.3) is 0 Å². The maximum absolute atomic E-state index is 5.77. The summed E-state index contributed by atoms with van der Waals surface area (Å²) >= 11 is 3.42. The second-order valence-corrected chi connectivity index (χ2v) is 5.24. The molecule has 0 aliphatic rings. The molecule has 4 heteroatoms. The lowest BCUT2D eigenvalue weighted by Crippen LogP contribution is -2.23. The first kappa shape index (κ1) is 13.7. The molecule has 0 heterocycles. The van der Waals surface area contributed by atoms with Crippen LogP contribution in [0.15, 0.2) is 53.0 Å². The van der Waals surface area contributed by atoms with Crippen molar-refractivity contribution < 1.29 is 4.74 Å². The Hall–Kier alpha value is -1.68. The highest BCUT2D eigenvalue weighted by atomic mass is 79.9. The SMILES string of the molecule is CN(CCOc1cccc(Br)c1)c1cccc(N)c1. The summed E-state index contributed by atoms with van der Waals surface area (Å²) in [6, 6.07) is 15.7. The zero-order chi connectivity index (χ0) is 13.7. The van der Waals surface area contributed by atoms with E-state index in [1.165, 1.54) is 0 Å². The fraction of sp³-hybridized carbons (Fsp3) is 0.200. The van der Waals surface area contributed by atoms with Crippen molar-refractivity contribution in [2.75, 3.05) is 30.8 Å². The van der Waals surface area contributed by atoms with Crippen LogP contribution in [0, 0.1) is 0 Å². The van der Waals surface area contributed by atoms with Gasteiger partial charge in [-0.15, -0.1) is 0 Å². The van der Waals surface area contributed by atoms with E-state index < -0.39 is 0 Å². The smallest absolute Gasteiger partial charge is 0.120 e. The summed E-state index contributed by atoms with van der Waals surface area (Å²) in [7, 11) is 2.03. The summed E-state index contributed by atoms with van der Waals surface area (Å²) in [6.07, 6.45) is 0. The predicted molar refractivity (Wildman–Crippen MR) is 83.8 cm³/mol. The van der Waals surface area contributed by atoms with Gasteiger partial charge in [-0.25, -0.2) is 0 Å². The van der Waals surface area contributed by atoms with E-state index in [0.717, 1.165) is 28.1 Å². The molecule has 2 aromatic rings. The molecular formula is C15H17BrN2O. The van der Waals surface area contributed by atoms with Gasteiger partial charge in [-0.3, -0.25) is 0 Å². The third-order valence-corrected chi connectivity index (χ3v) is 3.30. The van der Waals surface area contributed by atoms with Gasteiger partial charge < -0.3 is 15.4 Å². The van der Waals surface area contributed by atoms with E-state index in [9.17, 15) is 0 Å². The minimum atomic E-state index is 0.627. The van der Waals surface area contributed by atoms with Crippen molar-refractivity contribution in [2.24, 2.45) is 0 Å². The summed E-state index contributed by atoms with van der Waals surface area (Å²) in [6.45, 7) is 1.43. The van der Waals surface area contributed by atoms with E-state index >= 15 is 0 Å². The highest BCUT2D eigenvalue weighted by Crippen LogP contribution is 2.18. The van der Waals surface area contributed by atoms with Crippen LogP contribution in [0.2, 0.25) is 0 Å². The Bertz CT molecular complexity index is 545. The highest BCUT2D eigenvalue weighted by Gasteiger charge is 2.01. The van der Waals surface area contributed by atoms with Crippen molar-refractivity contribution in [1.82, 2.24) is 0 Å². The molecule has 0 saturated heterocycles. The molecule has 2 N–H and O–H groups in total. The summed E-state index contributed by atoms with van der Waals surface area (Å²) < 4.78 is 6.73. The first-order valence-electron chi connectivity index (χ1n) is 6.10. The van der Waals surface area contributed by atoms with Crippen LogP contribution in [0.25, 0.3) is 0 Å². The minimum absolute atomic E-state index is 0.627. The topological polar surface area (TPSA) is 38.5 Å². The molecular weight excluding hydrogens is 304 g/mol. The van der Waals surface area contributed by atoms with Gasteiger partial charge in [0, 0.05) is 22.9 Å². The molecule has 2 rings (SSSR count). The average molecular weight is 321 g/mol. The van der Waals surface area contributed by atoms with Crippen molar-refractivity contribution in [3.8, 4) is 5.75 Å². The molecule has 2 aromatic carbocycles. The first-order valence-corrected chi connectivity index (χ1v) is 6.89. The van der Waals surface area contributed by atoms with Crippen LogP contribution in [0.3, 0.4) is 0 Å². The molecule has 0 aliphatic carbocycles. The zero-order valence-corrected chi connectivity index (χ0v) is 12.4. The number of hydrogen-bond donors (Lipinski definition) is 1. The number of nitrogens with zero attached hydrogens (tertiary/aromatic N) is 1. The Labute approximate surface area is 122 Å². The fourth-order valence-electron chi connectivity index (χ4n) is 1.75. The van der Waals surface area contributed by atoms with Crippen LogP contribution in [0.4, 0.5) is 11.4 Å². The minimum Gasteiger partial charge on any atom is -0.492 e. The molecule has 0 aliphatic heterocycles. The lowest BCUT2D eigenvalue weighted by molar-refractivity contribution is 0.326. The van der Waals surface area contributed by atoms with Crippen LogP contribution in [-0.4, -0.2) is 20.2 Å². The van der Waals surface area contributed by atoms with Crippen molar-refractivity contribution in [3.63, 3.8) is 0 Å². The Kier molecular flexibility index (Phi) is 4.68. The van der Waals surface area contributed by atoms with Crippen molar-refractivity contribution in [3.05, 3.63) is 53.0 Å². The Morgan fingerprint density at radius 1 is 1.16 bits per heavy atom. The van der Waals surface area contributed by atoms with E-state index in [1.54, 1.807) is 0 Å². The van der Waals surface area contributed by atoms with Crippen LogP contribution < -0.4 is 15.4 Å². The molecule has 0 bridgehead atoms. The third-order valence-electron chi connectivity index (χ3n) is 2.80. The number of rotatable bonds is 5. The van der Waals surface area contributed by atoms with Crippen LogP contribution in [0.1, 0.15) is 0 Å². The number of halogens is 1. The lowest BCUT2D eigenvalue weighted by atomic mass is 10.2. The van der Waals surface area contributed by atoms with Gasteiger partial charge >= 0.3 is 0 Å². The largest absolute Gasteiger partial charge is 0.492 e. The fourth-order valence-corrected chi connectivity index (χ4v) is 2.13. The molecule has 0 fully saturated rings. The number of anilines is 2. The molecule has 100 valence electrons. The molecule has 0 amide bonds. The Morgan fingerprint density at radius 2 is 1.95 bits per heavy atom. The molecule has 0 unspecified atom stereocenters. The number of likely N-dealkylation sites (N-methyl/N-ethyl adjacent to an activating group) is 1. The quantitative estimate of drug-likeness (QED) is 0.856. The molecule has 19 heavy (non-hydrogen) atoms. The number of nitrogen functional groups attached to an aromatic ring is 1. The second-order valence-electron chi connectivity index (χ2n) is 4.32. The monoisotopic (exact) mass is 320 g/mol. The first-order chi connectivity index (χ1) is 9.15. The lowest BCUT2D eigenvalue weighted by Gasteiger charge is -2.19. The summed E-state index contributed by atoms with van der Waals surface area (Å²) in [5.74, 6) is 0.871. The Balaban J connectivity index is 1.85. The average Bonchev–Trinajstić information content (AvgIpc) is 2.38. The van der Waals surface area contributed by atoms with Crippen molar-refractivity contribution in [2.45, 2.75) is 0 Å². The standard InChI is InChI=1S/C15H17BrN2O/c1-18(14-6-3-5-13(17)11-14)8-9-19-15-7-2-4-12(16)10-15/h2-7,10-11H,8-9,17H2,1H3. The normalized spacial score (nSPS) is 10.2. The maximum atomic E-state index is 5.77. The van der Waals surface area contributed by atoms with Gasteiger partial charge in [0.15, 0.2) is 0 Å². The maximum Gasteiger partial charge on any atom is 0.120 e. The number of ether oxygens (including phenoxy) is 1. The van der Waals surface area contributed by atoms with E-state index in [0.29, 0.717) is 6.61 Å². The molecule has 0 aromatic heterocycles. The number of hydrogen-bond acceptors (Lipinski definition) is 3. The summed E-state index contributed by atoms with van der Waals surface area (Å²) in [5, 5.41) is 0. The third kappa shape index (κ3) is 4.17. The van der Waals surface area contributed by atoms with Gasteiger partial charge in [0.05, 0.1) is 6.54 Å². The van der Waals surface area contributed by atoms with Crippen molar-refractivity contribution in [1.29, 1.82) is 0 Å². The van der Waals surface area contributed by atoms with E-state index in [-0.39, 0.29) is 0 Å². The number of benzene rings is 2. The van der Waals surface area contributed by atoms with Crippen LogP contribution in [0.5, 0.6) is 5.75 Å². The molecule has 3 nitrogen and oxygen atoms in total. The van der Waals surface area contributed by atoms with Crippen molar-refractivity contribution >= 4 is 27.3 Å². The second kappa shape index (κ2) is 6.48. The van der Waals surface area contributed by atoms with E-state index in [2.05, 4.69) is 20.8 Å². The van der Waals surface area contributed by atoms with E-state index in [4.69, 9.17) is 10.5 Å². The van der Waals surface area contributed by atoms with Gasteiger partial charge in [-0.1, -0.05) is 28.1 Å². The zero-order valence-electron chi connectivity index (χ0n) is 10.8. The van der Waals surface area contributed by atoms with Gasteiger partial charge in [0.1, 0.15) is 12.4 Å². The van der Waals surface area contributed by atoms with Gasteiger partial charge in [-0.05, 0) is 36.4 Å². The molecule has 0 spiro atoms. The van der Waals surface area contributed by atoms with Crippen LogP contribution >= 0.6 is 15.9 Å². The summed E-state index contributed by atoms with van der Waals surface area (Å²) in [5.41, 5.74) is 7.64. The predicted octanol–water partition coefficient (Wildman–Crippen LogP) is 3.55. The number of nitrogens with two attached hydrogens (primary N) is 1.